The quantitative estimate of drug-likeness (QED) is 0.616. The summed E-state index contributed by atoms with van der Waals surface area (Å²) in [5.74, 6) is 1.31. The molecule has 6 heteroatoms. The Balaban J connectivity index is 2.68. The number of nitro benzene ring substituents is 1. The van der Waals surface area contributed by atoms with Crippen LogP contribution in [0.2, 0.25) is 0 Å². The van der Waals surface area contributed by atoms with Crippen molar-refractivity contribution in [3.63, 3.8) is 0 Å². The third-order valence-corrected chi connectivity index (χ3v) is 2.55. The number of methoxy groups -OCH3 is 1. The Kier molecular flexibility index (Phi) is 3.01. The van der Waals surface area contributed by atoms with Crippen LogP contribution in [0, 0.1) is 24.0 Å². The Bertz CT molecular complexity index is 604. The van der Waals surface area contributed by atoms with Crippen LogP contribution >= 0.6 is 0 Å². The molecule has 1 aromatic heterocycles. The van der Waals surface area contributed by atoms with Gasteiger partial charge in [0.2, 0.25) is 5.75 Å². The average Bonchev–Trinajstić information content (AvgIpc) is 2.67. The Morgan fingerprint density at radius 3 is 2.61 bits per heavy atom. The van der Waals surface area contributed by atoms with Crippen molar-refractivity contribution in [2.24, 2.45) is 0 Å². The van der Waals surface area contributed by atoms with Crippen LogP contribution in [0.1, 0.15) is 11.7 Å². The van der Waals surface area contributed by atoms with Crippen LogP contribution < -0.4 is 4.74 Å². The molecule has 0 spiro atoms. The minimum absolute atomic E-state index is 0.0879. The average molecular weight is 248 g/mol. The minimum Gasteiger partial charge on any atom is -0.490 e. The van der Waals surface area contributed by atoms with Crippen molar-refractivity contribution >= 4 is 5.69 Å². The molecule has 2 aromatic rings. The number of rotatable bonds is 3. The standard InChI is InChI=1S/C12H12N2O4/c1-7-11(13-8(2)18-7)9-5-4-6-10(14(15)16)12(9)17-3/h4-6H,1-3H3. The Morgan fingerprint density at radius 1 is 1.39 bits per heavy atom. The van der Waals surface area contributed by atoms with E-state index in [1.807, 2.05) is 0 Å². The van der Waals surface area contributed by atoms with E-state index < -0.39 is 4.92 Å². The third kappa shape index (κ3) is 1.92. The summed E-state index contributed by atoms with van der Waals surface area (Å²) in [5.41, 5.74) is 1.03. The van der Waals surface area contributed by atoms with E-state index in [0.717, 1.165) is 0 Å². The molecule has 0 saturated heterocycles. The van der Waals surface area contributed by atoms with Gasteiger partial charge in [-0.1, -0.05) is 6.07 Å². The summed E-state index contributed by atoms with van der Waals surface area (Å²) in [7, 11) is 1.40. The smallest absolute Gasteiger partial charge is 0.311 e. The van der Waals surface area contributed by atoms with Gasteiger partial charge in [0, 0.05) is 13.0 Å². The van der Waals surface area contributed by atoms with Gasteiger partial charge in [-0.15, -0.1) is 0 Å². The molecule has 0 unspecified atom stereocenters. The molecule has 6 nitrogen and oxygen atoms in total. The van der Waals surface area contributed by atoms with E-state index in [2.05, 4.69) is 4.98 Å². The first kappa shape index (κ1) is 12.1. The molecule has 0 aliphatic rings. The lowest BCUT2D eigenvalue weighted by Gasteiger charge is -2.06. The molecule has 2 rings (SSSR count). The summed E-state index contributed by atoms with van der Waals surface area (Å²) in [6, 6.07) is 4.71. The highest BCUT2D eigenvalue weighted by Crippen LogP contribution is 2.38. The van der Waals surface area contributed by atoms with E-state index in [0.29, 0.717) is 22.9 Å². The summed E-state index contributed by atoms with van der Waals surface area (Å²) < 4.78 is 10.5. The fourth-order valence-electron chi connectivity index (χ4n) is 1.85. The normalized spacial score (nSPS) is 10.4. The summed E-state index contributed by atoms with van der Waals surface area (Å²) >= 11 is 0. The second kappa shape index (κ2) is 4.48. The van der Waals surface area contributed by atoms with E-state index in [9.17, 15) is 10.1 Å². The SMILES string of the molecule is COc1c(-c2nc(C)oc2C)cccc1[N+](=O)[O-]. The summed E-state index contributed by atoms with van der Waals surface area (Å²) in [6.45, 7) is 3.48. The zero-order valence-corrected chi connectivity index (χ0v) is 10.3. The molecular formula is C12H12N2O4. The number of benzene rings is 1. The first-order chi connectivity index (χ1) is 8.54. The van der Waals surface area contributed by atoms with Crippen LogP contribution in [-0.4, -0.2) is 17.0 Å². The highest BCUT2D eigenvalue weighted by molar-refractivity contribution is 5.74. The van der Waals surface area contributed by atoms with Gasteiger partial charge in [-0.05, 0) is 13.0 Å². The molecule has 0 N–H and O–H groups in total. The summed E-state index contributed by atoms with van der Waals surface area (Å²) in [4.78, 5) is 14.7. The molecular weight excluding hydrogens is 236 g/mol. The maximum Gasteiger partial charge on any atom is 0.311 e. The number of hydrogen-bond acceptors (Lipinski definition) is 5. The first-order valence-electron chi connectivity index (χ1n) is 5.30. The Morgan fingerprint density at radius 2 is 2.11 bits per heavy atom. The van der Waals surface area contributed by atoms with Crippen LogP contribution in [0.5, 0.6) is 5.75 Å². The number of aromatic nitrogens is 1. The molecule has 94 valence electrons. The monoisotopic (exact) mass is 248 g/mol. The molecule has 0 aliphatic carbocycles. The molecule has 0 bridgehead atoms. The largest absolute Gasteiger partial charge is 0.490 e. The summed E-state index contributed by atoms with van der Waals surface area (Å²) in [6.07, 6.45) is 0. The van der Waals surface area contributed by atoms with E-state index in [1.54, 1.807) is 26.0 Å². The molecule has 0 atom stereocenters. The number of nitro groups is 1. The van der Waals surface area contributed by atoms with Gasteiger partial charge in [-0.3, -0.25) is 10.1 Å². The first-order valence-corrected chi connectivity index (χ1v) is 5.30. The van der Waals surface area contributed by atoms with Crippen molar-refractivity contribution in [3.05, 3.63) is 40.0 Å². The van der Waals surface area contributed by atoms with Crippen molar-refractivity contribution in [2.75, 3.05) is 7.11 Å². The van der Waals surface area contributed by atoms with E-state index in [4.69, 9.17) is 9.15 Å². The fourth-order valence-corrected chi connectivity index (χ4v) is 1.85. The third-order valence-electron chi connectivity index (χ3n) is 2.55. The molecule has 1 aromatic carbocycles. The second-order valence-electron chi connectivity index (χ2n) is 3.75. The predicted molar refractivity (Wildman–Crippen MR) is 64.6 cm³/mol. The van der Waals surface area contributed by atoms with Gasteiger partial charge < -0.3 is 9.15 Å². The molecule has 0 radical (unpaired) electrons. The lowest BCUT2D eigenvalue weighted by molar-refractivity contribution is -0.385. The second-order valence-corrected chi connectivity index (χ2v) is 3.75. The van der Waals surface area contributed by atoms with Gasteiger partial charge in [0.05, 0.1) is 17.6 Å². The Labute approximate surface area is 103 Å². The molecule has 18 heavy (non-hydrogen) atoms. The predicted octanol–water partition coefficient (Wildman–Crippen LogP) is 2.88. The van der Waals surface area contributed by atoms with Crippen LogP contribution in [0.3, 0.4) is 0 Å². The number of nitrogens with zero attached hydrogens (tertiary/aromatic N) is 2. The lowest BCUT2D eigenvalue weighted by atomic mass is 10.1. The molecule has 0 saturated carbocycles. The van der Waals surface area contributed by atoms with Crippen molar-refractivity contribution < 1.29 is 14.1 Å². The van der Waals surface area contributed by atoms with Gasteiger partial charge in [0.25, 0.3) is 0 Å². The minimum atomic E-state index is -0.482. The van der Waals surface area contributed by atoms with Crippen molar-refractivity contribution in [1.82, 2.24) is 4.98 Å². The maximum absolute atomic E-state index is 10.9. The molecule has 0 aliphatic heterocycles. The van der Waals surface area contributed by atoms with Gasteiger partial charge in [-0.2, -0.15) is 0 Å². The van der Waals surface area contributed by atoms with Crippen LogP contribution in [0.25, 0.3) is 11.3 Å². The zero-order valence-electron chi connectivity index (χ0n) is 10.3. The summed E-state index contributed by atoms with van der Waals surface area (Å²) in [5, 5.41) is 10.9. The van der Waals surface area contributed by atoms with Crippen molar-refractivity contribution in [2.45, 2.75) is 13.8 Å². The number of aryl methyl sites for hydroxylation is 2. The highest BCUT2D eigenvalue weighted by atomic mass is 16.6. The number of ether oxygens (including phenoxy) is 1. The molecule has 1 heterocycles. The Hall–Kier alpha value is -2.37. The highest BCUT2D eigenvalue weighted by Gasteiger charge is 2.22. The maximum atomic E-state index is 10.9. The molecule has 0 fully saturated rings. The van der Waals surface area contributed by atoms with Crippen LogP contribution in [0.4, 0.5) is 5.69 Å². The van der Waals surface area contributed by atoms with Crippen LogP contribution in [0.15, 0.2) is 22.6 Å². The van der Waals surface area contributed by atoms with E-state index in [1.165, 1.54) is 13.2 Å². The van der Waals surface area contributed by atoms with Gasteiger partial charge in [0.1, 0.15) is 11.5 Å². The molecule has 0 amide bonds. The van der Waals surface area contributed by atoms with Crippen molar-refractivity contribution in [3.8, 4) is 17.0 Å². The number of para-hydroxylation sites is 1. The van der Waals surface area contributed by atoms with Gasteiger partial charge in [-0.25, -0.2) is 4.98 Å². The topological polar surface area (TPSA) is 78.4 Å². The fraction of sp³-hybridized carbons (Fsp3) is 0.250. The lowest BCUT2D eigenvalue weighted by Crippen LogP contribution is -1.96. The van der Waals surface area contributed by atoms with Crippen LogP contribution in [-0.2, 0) is 0 Å². The number of oxazole rings is 1. The zero-order chi connectivity index (χ0) is 13.3. The van der Waals surface area contributed by atoms with Gasteiger partial charge >= 0.3 is 5.69 Å². The van der Waals surface area contributed by atoms with E-state index >= 15 is 0 Å². The van der Waals surface area contributed by atoms with Gasteiger partial charge in [0.15, 0.2) is 5.89 Å². The van der Waals surface area contributed by atoms with Crippen molar-refractivity contribution in [1.29, 1.82) is 0 Å². The number of hydrogen-bond donors (Lipinski definition) is 0. The van der Waals surface area contributed by atoms with E-state index in [-0.39, 0.29) is 11.4 Å².